The van der Waals surface area contributed by atoms with Crippen molar-refractivity contribution < 1.29 is 19.1 Å². The molecule has 4 aliphatic rings. The fourth-order valence-corrected chi connectivity index (χ4v) is 4.69. The third-order valence-electron chi connectivity index (χ3n) is 5.92. The van der Waals surface area contributed by atoms with Crippen LogP contribution in [-0.2, 0) is 20.8 Å². The zero-order valence-corrected chi connectivity index (χ0v) is 15.1. The molecule has 140 valence electrons. The first kappa shape index (κ1) is 17.3. The SMILES string of the molecule is CCOC(=O)CN1CC2N(Cc3ccccn3)C3CCC2(CC3)OC1=O. The smallest absolute Gasteiger partial charge is 0.410 e. The Kier molecular flexibility index (Phi) is 4.56. The first-order valence-electron chi connectivity index (χ1n) is 9.40. The van der Waals surface area contributed by atoms with Crippen LogP contribution in [-0.4, -0.2) is 64.2 Å². The second-order valence-corrected chi connectivity index (χ2v) is 7.36. The number of rotatable bonds is 5. The lowest BCUT2D eigenvalue weighted by Crippen LogP contribution is -2.72. The minimum Gasteiger partial charge on any atom is -0.465 e. The standard InChI is InChI=1S/C19H25N3O4/c1-2-25-17(23)13-21-12-16-19(26-18(21)24)8-6-15(7-9-19)22(16)11-14-5-3-4-10-20-14/h3-5,10,15-16H,2,6-9,11-13H2,1H3. The predicted molar refractivity (Wildman–Crippen MR) is 93.2 cm³/mol. The molecule has 4 heterocycles. The van der Waals surface area contributed by atoms with E-state index in [9.17, 15) is 9.59 Å². The number of hydrogen-bond donors (Lipinski definition) is 0. The van der Waals surface area contributed by atoms with Gasteiger partial charge in [0.1, 0.15) is 12.1 Å². The Balaban J connectivity index is 1.55. The molecule has 1 unspecified atom stereocenters. The van der Waals surface area contributed by atoms with Crippen LogP contribution < -0.4 is 0 Å². The fraction of sp³-hybridized carbons (Fsp3) is 0.632. The van der Waals surface area contributed by atoms with Crippen LogP contribution in [0.3, 0.4) is 0 Å². The lowest BCUT2D eigenvalue weighted by molar-refractivity contribution is -0.183. The van der Waals surface area contributed by atoms with E-state index in [0.717, 1.165) is 37.9 Å². The van der Waals surface area contributed by atoms with Crippen molar-refractivity contribution in [2.75, 3.05) is 19.7 Å². The third-order valence-corrected chi connectivity index (χ3v) is 5.92. The number of carbonyl (C=O) groups is 2. The van der Waals surface area contributed by atoms with Crippen molar-refractivity contribution in [2.24, 2.45) is 0 Å². The van der Waals surface area contributed by atoms with Crippen molar-refractivity contribution in [1.29, 1.82) is 0 Å². The number of hydrogen-bond acceptors (Lipinski definition) is 6. The highest BCUT2D eigenvalue weighted by atomic mass is 16.6. The number of carbonyl (C=O) groups excluding carboxylic acids is 2. The van der Waals surface area contributed by atoms with Crippen LogP contribution in [0.5, 0.6) is 0 Å². The van der Waals surface area contributed by atoms with E-state index in [-0.39, 0.29) is 12.6 Å². The number of fused-ring (bicyclic) bond motifs is 2. The lowest BCUT2D eigenvalue weighted by atomic mass is 9.70. The van der Waals surface area contributed by atoms with Gasteiger partial charge in [-0.05, 0) is 44.7 Å². The van der Waals surface area contributed by atoms with Crippen molar-refractivity contribution in [2.45, 2.75) is 56.8 Å². The van der Waals surface area contributed by atoms with Gasteiger partial charge in [0.2, 0.25) is 0 Å². The summed E-state index contributed by atoms with van der Waals surface area (Å²) in [5, 5.41) is 0. The van der Waals surface area contributed by atoms with Gasteiger partial charge in [-0.15, -0.1) is 0 Å². The number of aromatic nitrogens is 1. The molecule has 0 radical (unpaired) electrons. The normalized spacial score (nSPS) is 30.7. The molecule has 1 saturated carbocycles. The van der Waals surface area contributed by atoms with Crippen molar-refractivity contribution in [1.82, 2.24) is 14.8 Å². The molecule has 2 bridgehead atoms. The van der Waals surface area contributed by atoms with E-state index in [1.807, 2.05) is 18.2 Å². The Bertz CT molecular complexity index is 673. The molecule has 1 spiro atoms. The van der Waals surface area contributed by atoms with Gasteiger partial charge >= 0.3 is 12.1 Å². The van der Waals surface area contributed by atoms with Crippen LogP contribution in [0, 0.1) is 0 Å². The largest absolute Gasteiger partial charge is 0.465 e. The molecule has 1 aromatic rings. The minimum atomic E-state index is -0.425. The molecular formula is C19H25N3O4. The average molecular weight is 359 g/mol. The first-order chi connectivity index (χ1) is 12.6. The number of piperidine rings is 2. The summed E-state index contributed by atoms with van der Waals surface area (Å²) in [6.45, 7) is 3.25. The molecule has 1 amide bonds. The van der Waals surface area contributed by atoms with Crippen molar-refractivity contribution >= 4 is 12.1 Å². The van der Waals surface area contributed by atoms with Crippen LogP contribution in [0.15, 0.2) is 24.4 Å². The molecule has 0 aromatic carbocycles. The molecule has 7 heteroatoms. The highest BCUT2D eigenvalue weighted by molar-refractivity contribution is 5.79. The Labute approximate surface area is 153 Å². The van der Waals surface area contributed by atoms with Gasteiger partial charge in [-0.2, -0.15) is 0 Å². The van der Waals surface area contributed by atoms with Gasteiger partial charge < -0.3 is 9.47 Å². The molecular weight excluding hydrogens is 334 g/mol. The summed E-state index contributed by atoms with van der Waals surface area (Å²) in [6, 6.07) is 6.50. The monoisotopic (exact) mass is 359 g/mol. The maximum absolute atomic E-state index is 12.5. The molecule has 3 saturated heterocycles. The van der Waals surface area contributed by atoms with E-state index in [1.54, 1.807) is 13.1 Å². The Morgan fingerprint density at radius 3 is 2.88 bits per heavy atom. The summed E-state index contributed by atoms with van der Waals surface area (Å²) in [6.07, 6.45) is 5.29. The molecule has 1 atom stereocenters. The number of nitrogens with zero attached hydrogens (tertiary/aromatic N) is 3. The molecule has 26 heavy (non-hydrogen) atoms. The quantitative estimate of drug-likeness (QED) is 0.749. The van der Waals surface area contributed by atoms with Crippen LogP contribution in [0.1, 0.15) is 38.3 Å². The molecule has 1 aliphatic carbocycles. The summed E-state index contributed by atoms with van der Waals surface area (Å²) in [7, 11) is 0. The van der Waals surface area contributed by atoms with E-state index in [1.165, 1.54) is 4.90 Å². The zero-order chi connectivity index (χ0) is 18.1. The molecule has 0 N–H and O–H groups in total. The van der Waals surface area contributed by atoms with Gasteiger partial charge in [0.25, 0.3) is 0 Å². The summed E-state index contributed by atoms with van der Waals surface area (Å²) in [4.78, 5) is 32.7. The van der Waals surface area contributed by atoms with E-state index in [4.69, 9.17) is 9.47 Å². The van der Waals surface area contributed by atoms with Gasteiger partial charge in [-0.1, -0.05) is 6.07 Å². The Morgan fingerprint density at radius 2 is 2.19 bits per heavy atom. The van der Waals surface area contributed by atoms with Crippen molar-refractivity contribution in [3.05, 3.63) is 30.1 Å². The van der Waals surface area contributed by atoms with Crippen LogP contribution in [0.2, 0.25) is 0 Å². The Hall–Kier alpha value is -2.15. The predicted octanol–water partition coefficient (Wildman–Crippen LogP) is 1.96. The van der Waals surface area contributed by atoms with E-state index in [2.05, 4.69) is 9.88 Å². The fourth-order valence-electron chi connectivity index (χ4n) is 4.69. The van der Waals surface area contributed by atoms with Crippen LogP contribution in [0.4, 0.5) is 4.79 Å². The molecule has 5 rings (SSSR count). The Morgan fingerprint density at radius 1 is 1.38 bits per heavy atom. The molecule has 3 aliphatic heterocycles. The number of amides is 1. The maximum atomic E-state index is 12.5. The van der Waals surface area contributed by atoms with Gasteiger partial charge in [-0.3, -0.25) is 19.6 Å². The van der Waals surface area contributed by atoms with Gasteiger partial charge in [0.15, 0.2) is 0 Å². The summed E-state index contributed by atoms with van der Waals surface area (Å²) >= 11 is 0. The number of ether oxygens (including phenoxy) is 2. The highest BCUT2D eigenvalue weighted by Crippen LogP contribution is 2.47. The minimum absolute atomic E-state index is 0.0542. The summed E-state index contributed by atoms with van der Waals surface area (Å²) in [5.74, 6) is -0.391. The van der Waals surface area contributed by atoms with E-state index < -0.39 is 17.7 Å². The molecule has 4 fully saturated rings. The van der Waals surface area contributed by atoms with Crippen molar-refractivity contribution in [3.63, 3.8) is 0 Å². The van der Waals surface area contributed by atoms with Crippen LogP contribution in [0.25, 0.3) is 0 Å². The second-order valence-electron chi connectivity index (χ2n) is 7.36. The maximum Gasteiger partial charge on any atom is 0.410 e. The molecule has 7 nitrogen and oxygen atoms in total. The average Bonchev–Trinajstić information content (AvgIpc) is 2.64. The lowest BCUT2D eigenvalue weighted by Gasteiger charge is -2.60. The van der Waals surface area contributed by atoms with E-state index >= 15 is 0 Å². The number of esters is 1. The summed E-state index contributed by atoms with van der Waals surface area (Å²) < 4.78 is 10.9. The van der Waals surface area contributed by atoms with Gasteiger partial charge in [0.05, 0.1) is 18.3 Å². The highest BCUT2D eigenvalue weighted by Gasteiger charge is 2.58. The van der Waals surface area contributed by atoms with Crippen LogP contribution >= 0.6 is 0 Å². The van der Waals surface area contributed by atoms with E-state index in [0.29, 0.717) is 19.2 Å². The second kappa shape index (κ2) is 6.87. The van der Waals surface area contributed by atoms with Crippen molar-refractivity contribution in [3.8, 4) is 0 Å². The van der Waals surface area contributed by atoms with Gasteiger partial charge in [-0.25, -0.2) is 4.79 Å². The summed E-state index contributed by atoms with van der Waals surface area (Å²) in [5.41, 5.74) is 0.593. The zero-order valence-electron chi connectivity index (χ0n) is 15.1. The topological polar surface area (TPSA) is 72.0 Å². The van der Waals surface area contributed by atoms with Gasteiger partial charge in [0, 0.05) is 25.3 Å². The number of pyridine rings is 1. The first-order valence-corrected chi connectivity index (χ1v) is 9.40. The molecule has 1 aromatic heterocycles. The third kappa shape index (κ3) is 3.05.